The van der Waals surface area contributed by atoms with Gasteiger partial charge in [0.25, 0.3) is 0 Å². The second-order valence-corrected chi connectivity index (χ2v) is 18.6. The number of alkyl carbamates (subject to hydrolysis) is 1. The number of aliphatic hydroxyl groups excluding tert-OH is 2. The first-order valence-corrected chi connectivity index (χ1v) is 16.9. The van der Waals surface area contributed by atoms with Gasteiger partial charge in [0.05, 0.1) is 19.1 Å². The van der Waals surface area contributed by atoms with Crippen LogP contribution in [0.2, 0.25) is 18.1 Å². The van der Waals surface area contributed by atoms with Crippen molar-refractivity contribution in [2.75, 3.05) is 19.8 Å². The van der Waals surface area contributed by atoms with Crippen LogP contribution in [-0.4, -0.2) is 84.8 Å². The molecule has 1 fully saturated rings. The minimum atomic E-state index is -2.22. The van der Waals surface area contributed by atoms with Gasteiger partial charge in [-0.2, -0.15) is 0 Å². The number of carbonyl (C=O) groups excluding carboxylic acids is 2. The largest absolute Gasteiger partial charge is 0.461 e. The van der Waals surface area contributed by atoms with E-state index in [2.05, 4.69) is 26.1 Å². The van der Waals surface area contributed by atoms with Crippen molar-refractivity contribution in [2.45, 2.75) is 86.9 Å². The molecule has 0 spiro atoms. The van der Waals surface area contributed by atoms with Crippen molar-refractivity contribution in [1.29, 1.82) is 0 Å². The molecule has 228 valence electrons. The summed E-state index contributed by atoms with van der Waals surface area (Å²) in [6.07, 6.45) is -6.27. The lowest BCUT2D eigenvalue weighted by Crippen LogP contribution is -2.65. The third kappa shape index (κ3) is 10.9. The van der Waals surface area contributed by atoms with Crippen LogP contribution in [0.3, 0.4) is 0 Å². The van der Waals surface area contributed by atoms with Gasteiger partial charge in [0.15, 0.2) is 14.6 Å². The number of hydrogen-bond donors (Lipinski definition) is 3. The van der Waals surface area contributed by atoms with Crippen LogP contribution in [0.25, 0.3) is 0 Å². The predicted octanol–water partition coefficient (Wildman–Crippen LogP) is 4.32. The average Bonchev–Trinajstić information content (AvgIpc) is 2.87. The first-order chi connectivity index (χ1) is 18.4. The summed E-state index contributed by atoms with van der Waals surface area (Å²) < 4.78 is 26.4. The van der Waals surface area contributed by atoms with Gasteiger partial charge in [-0.1, -0.05) is 85.9 Å². The van der Waals surface area contributed by atoms with Crippen molar-refractivity contribution in [3.63, 3.8) is 0 Å². The average molecular weight is 645 g/mol. The van der Waals surface area contributed by atoms with Gasteiger partial charge in [0.2, 0.25) is 3.79 Å². The van der Waals surface area contributed by atoms with Crippen molar-refractivity contribution >= 4 is 55.2 Å². The molecule has 6 atom stereocenters. The molecule has 3 N–H and O–H groups in total. The quantitative estimate of drug-likeness (QED) is 0.183. The normalized spacial score (nSPS) is 24.7. The van der Waals surface area contributed by atoms with E-state index < -0.39 is 67.3 Å². The van der Waals surface area contributed by atoms with E-state index in [1.807, 2.05) is 43.4 Å². The smallest absolute Gasteiger partial charge is 0.407 e. The van der Waals surface area contributed by atoms with E-state index in [0.29, 0.717) is 0 Å². The van der Waals surface area contributed by atoms with E-state index in [0.717, 1.165) is 5.56 Å². The van der Waals surface area contributed by atoms with Crippen LogP contribution < -0.4 is 5.32 Å². The molecule has 3 unspecified atom stereocenters. The highest BCUT2D eigenvalue weighted by Crippen LogP contribution is 2.37. The molecule has 14 heteroatoms. The summed E-state index contributed by atoms with van der Waals surface area (Å²) >= 11 is 16.9. The summed E-state index contributed by atoms with van der Waals surface area (Å²) in [6, 6.07) is 7.93. The Morgan fingerprint density at radius 1 is 1.07 bits per heavy atom. The number of rotatable bonds is 11. The molecule has 0 aliphatic carbocycles. The molecule has 1 aromatic rings. The summed E-state index contributed by atoms with van der Waals surface area (Å²) in [4.78, 5) is 24.9. The maximum absolute atomic E-state index is 12.5. The van der Waals surface area contributed by atoms with Gasteiger partial charge in [-0.25, -0.2) is 4.79 Å². The number of alkyl halides is 3. The Bertz CT molecular complexity index is 959. The number of amides is 1. The van der Waals surface area contributed by atoms with E-state index in [1.165, 1.54) is 0 Å². The molecule has 2 rings (SSSR count). The van der Waals surface area contributed by atoms with Crippen LogP contribution in [-0.2, 0) is 34.8 Å². The number of ether oxygens (including phenoxy) is 4. The number of aliphatic hydroxyl groups is 2. The second kappa shape index (κ2) is 14.8. The van der Waals surface area contributed by atoms with Gasteiger partial charge in [-0.3, -0.25) is 4.79 Å². The molecular formula is C26H40Cl3NO9Si. The molecule has 1 aromatic carbocycles. The lowest BCUT2D eigenvalue weighted by molar-refractivity contribution is -0.271. The minimum Gasteiger partial charge on any atom is -0.461 e. The van der Waals surface area contributed by atoms with Gasteiger partial charge in [-0.05, 0) is 30.6 Å². The molecule has 1 aliphatic heterocycles. The zero-order chi connectivity index (χ0) is 30.3. The monoisotopic (exact) mass is 643 g/mol. The second-order valence-electron chi connectivity index (χ2n) is 11.3. The Morgan fingerprint density at radius 2 is 1.70 bits per heavy atom. The predicted molar refractivity (Wildman–Crippen MR) is 154 cm³/mol. The van der Waals surface area contributed by atoms with Crippen molar-refractivity contribution in [1.82, 2.24) is 5.32 Å². The number of benzene rings is 1. The first kappa shape index (κ1) is 35.0. The Labute approximate surface area is 251 Å². The summed E-state index contributed by atoms with van der Waals surface area (Å²) in [5.74, 6) is -1.22. The van der Waals surface area contributed by atoms with E-state index >= 15 is 0 Å². The van der Waals surface area contributed by atoms with E-state index in [4.69, 9.17) is 58.2 Å². The summed E-state index contributed by atoms with van der Waals surface area (Å²) in [6.45, 7) is 11.2. The maximum Gasteiger partial charge on any atom is 0.407 e. The van der Waals surface area contributed by atoms with Crippen LogP contribution in [0.4, 0.5) is 4.79 Å². The zero-order valence-electron chi connectivity index (χ0n) is 23.6. The maximum atomic E-state index is 12.5. The standard InChI is InChI=1S/C26H40Cl3NO9Si/c1-16(22(33)35-13-17-10-8-7-9-11-17)12-36-23-19(30-24(34)37-15-26(27,28)29)21(32)20(31)18(39-23)14-38-40(5,6)25(2,3)4/h7-11,16,18-21,23,31-32H,12-15H2,1-6H3,(H,30,34)/t16?,18?,19?,20-,21+,23+/m0/s1. The summed E-state index contributed by atoms with van der Waals surface area (Å²) in [7, 11) is -2.22. The lowest BCUT2D eigenvalue weighted by atomic mass is 9.97. The fourth-order valence-corrected chi connectivity index (χ4v) is 4.55. The minimum absolute atomic E-state index is 0.0202. The van der Waals surface area contributed by atoms with Crippen molar-refractivity contribution in [3.8, 4) is 0 Å². The molecule has 1 heterocycles. The zero-order valence-corrected chi connectivity index (χ0v) is 26.8. The van der Waals surface area contributed by atoms with Crippen LogP contribution >= 0.6 is 34.8 Å². The molecule has 1 saturated heterocycles. The van der Waals surface area contributed by atoms with Gasteiger partial charge >= 0.3 is 12.1 Å². The molecule has 0 aromatic heterocycles. The molecular weight excluding hydrogens is 605 g/mol. The van der Waals surface area contributed by atoms with Crippen LogP contribution in [0.5, 0.6) is 0 Å². The summed E-state index contributed by atoms with van der Waals surface area (Å²) in [5.41, 5.74) is 0.832. The topological polar surface area (TPSA) is 133 Å². The first-order valence-electron chi connectivity index (χ1n) is 12.9. The Balaban J connectivity index is 2.10. The highest BCUT2D eigenvalue weighted by Gasteiger charge is 2.48. The molecule has 0 saturated carbocycles. The highest BCUT2D eigenvalue weighted by atomic mass is 35.6. The number of hydrogen-bond acceptors (Lipinski definition) is 9. The van der Waals surface area contributed by atoms with E-state index in [-0.39, 0.29) is 24.9 Å². The Kier molecular flexibility index (Phi) is 13.0. The highest BCUT2D eigenvalue weighted by molar-refractivity contribution is 6.74. The fourth-order valence-electron chi connectivity index (χ4n) is 3.38. The number of carbonyl (C=O) groups is 2. The van der Waals surface area contributed by atoms with Gasteiger partial charge in [0.1, 0.15) is 37.6 Å². The lowest BCUT2D eigenvalue weighted by Gasteiger charge is -2.44. The van der Waals surface area contributed by atoms with Crippen molar-refractivity contribution < 1.29 is 43.2 Å². The number of esters is 1. The Hall–Kier alpha value is -1.15. The Morgan fingerprint density at radius 3 is 2.27 bits per heavy atom. The van der Waals surface area contributed by atoms with Crippen LogP contribution in [0.15, 0.2) is 30.3 Å². The van der Waals surface area contributed by atoms with Gasteiger partial charge in [-0.15, -0.1) is 0 Å². The van der Waals surface area contributed by atoms with Crippen molar-refractivity contribution in [3.05, 3.63) is 35.9 Å². The van der Waals surface area contributed by atoms with Crippen molar-refractivity contribution in [2.24, 2.45) is 5.92 Å². The molecule has 1 aliphatic rings. The third-order valence-corrected chi connectivity index (χ3v) is 11.7. The number of nitrogens with one attached hydrogen (secondary N) is 1. The molecule has 10 nitrogen and oxygen atoms in total. The van der Waals surface area contributed by atoms with Crippen LogP contribution in [0, 0.1) is 5.92 Å². The van der Waals surface area contributed by atoms with Gasteiger partial charge < -0.3 is 38.9 Å². The van der Waals surface area contributed by atoms with E-state index in [1.54, 1.807) is 6.92 Å². The SMILES string of the molecule is CC(CO[C@@H]1OC(CO[Si](C)(C)C(C)(C)C)[C@H](O)[C@H](O)C1NC(=O)OCC(Cl)(Cl)Cl)C(=O)OCc1ccccc1. The third-order valence-electron chi connectivity index (χ3n) is 6.90. The number of halogens is 3. The molecule has 1 amide bonds. The molecule has 40 heavy (non-hydrogen) atoms. The molecule has 0 radical (unpaired) electrons. The van der Waals surface area contributed by atoms with Gasteiger partial charge in [0, 0.05) is 0 Å². The van der Waals surface area contributed by atoms with Crippen LogP contribution in [0.1, 0.15) is 33.3 Å². The summed E-state index contributed by atoms with van der Waals surface area (Å²) in [5, 5.41) is 24.0. The molecule has 0 bridgehead atoms. The van der Waals surface area contributed by atoms with E-state index in [9.17, 15) is 19.8 Å². The fraction of sp³-hybridized carbons (Fsp3) is 0.692.